The number of anilines is 2. The van der Waals surface area contributed by atoms with E-state index in [1.807, 2.05) is 0 Å². The molecule has 2 aromatic rings. The van der Waals surface area contributed by atoms with Crippen molar-refractivity contribution in [1.29, 1.82) is 0 Å². The fourth-order valence-electron chi connectivity index (χ4n) is 2.59. The molecule has 0 saturated heterocycles. The molecule has 2 aromatic carbocycles. The maximum Gasteiger partial charge on any atom is 0.338 e. The van der Waals surface area contributed by atoms with Crippen LogP contribution < -0.4 is 9.62 Å². The monoisotopic (exact) mass is 442 g/mol. The number of nitrogens with zero attached hydrogens (tertiary/aromatic N) is 1. The predicted molar refractivity (Wildman–Crippen MR) is 109 cm³/mol. The van der Waals surface area contributed by atoms with Crippen molar-refractivity contribution in [2.24, 2.45) is 0 Å². The Morgan fingerprint density at radius 2 is 1.83 bits per heavy atom. The van der Waals surface area contributed by atoms with E-state index in [4.69, 9.17) is 16.3 Å². The SMILES string of the molecule is CCOC(=O)c1ccc(NC(=O)C(C)N(c2ccc(F)cc2)S(C)(=O)=O)c(Cl)c1. The molecule has 7 nitrogen and oxygen atoms in total. The summed E-state index contributed by atoms with van der Waals surface area (Å²) in [6.45, 7) is 3.27. The molecule has 29 heavy (non-hydrogen) atoms. The van der Waals surface area contributed by atoms with E-state index in [9.17, 15) is 22.4 Å². The van der Waals surface area contributed by atoms with E-state index in [1.165, 1.54) is 37.3 Å². The van der Waals surface area contributed by atoms with E-state index in [0.29, 0.717) is 0 Å². The first-order valence-corrected chi connectivity index (χ1v) is 10.8. The molecular formula is C19H20ClFN2O5S. The van der Waals surface area contributed by atoms with Crippen LogP contribution in [0.2, 0.25) is 5.02 Å². The highest BCUT2D eigenvalue weighted by atomic mass is 35.5. The van der Waals surface area contributed by atoms with Crippen LogP contribution in [0.25, 0.3) is 0 Å². The van der Waals surface area contributed by atoms with Gasteiger partial charge in [0.2, 0.25) is 15.9 Å². The molecule has 1 atom stereocenters. The summed E-state index contributed by atoms with van der Waals surface area (Å²) in [5.41, 5.74) is 0.552. The van der Waals surface area contributed by atoms with Crippen LogP contribution in [-0.4, -0.2) is 39.2 Å². The summed E-state index contributed by atoms with van der Waals surface area (Å²) >= 11 is 6.13. The van der Waals surface area contributed by atoms with Gasteiger partial charge in [-0.1, -0.05) is 11.6 Å². The lowest BCUT2D eigenvalue weighted by atomic mass is 10.2. The first-order chi connectivity index (χ1) is 13.5. The number of carbonyl (C=O) groups is 2. The second-order valence-corrected chi connectivity index (χ2v) is 8.38. The zero-order valence-electron chi connectivity index (χ0n) is 16.0. The average Bonchev–Trinajstić information content (AvgIpc) is 2.64. The first kappa shape index (κ1) is 22.6. The maximum absolute atomic E-state index is 13.2. The second kappa shape index (κ2) is 9.23. The summed E-state index contributed by atoms with van der Waals surface area (Å²) in [6, 6.07) is 7.76. The molecule has 0 saturated carbocycles. The first-order valence-electron chi connectivity index (χ1n) is 8.57. The van der Waals surface area contributed by atoms with Gasteiger partial charge >= 0.3 is 5.97 Å². The third kappa shape index (κ3) is 5.68. The van der Waals surface area contributed by atoms with Crippen LogP contribution in [0.5, 0.6) is 0 Å². The molecule has 0 spiro atoms. The minimum Gasteiger partial charge on any atom is -0.462 e. The molecule has 2 rings (SSSR count). The van der Waals surface area contributed by atoms with Crippen molar-refractivity contribution in [3.63, 3.8) is 0 Å². The minimum absolute atomic E-state index is 0.0868. The lowest BCUT2D eigenvalue weighted by molar-refractivity contribution is -0.116. The van der Waals surface area contributed by atoms with Gasteiger partial charge in [-0.25, -0.2) is 17.6 Å². The summed E-state index contributed by atoms with van der Waals surface area (Å²) in [6.07, 6.45) is 0.946. The number of hydrogen-bond acceptors (Lipinski definition) is 5. The standard InChI is InChI=1S/C19H20ClFN2O5S/c1-4-28-19(25)13-5-10-17(16(20)11-13)22-18(24)12(2)23(29(3,26)27)15-8-6-14(21)7-9-15/h5-12H,4H2,1-3H3,(H,22,24). The highest BCUT2D eigenvalue weighted by Crippen LogP contribution is 2.26. The summed E-state index contributed by atoms with van der Waals surface area (Å²) in [4.78, 5) is 24.4. The molecule has 0 aliphatic heterocycles. The molecular weight excluding hydrogens is 423 g/mol. The van der Waals surface area contributed by atoms with Gasteiger partial charge in [-0.2, -0.15) is 0 Å². The van der Waals surface area contributed by atoms with Crippen molar-refractivity contribution >= 4 is 44.9 Å². The molecule has 0 heterocycles. The van der Waals surface area contributed by atoms with Crippen molar-refractivity contribution in [3.05, 3.63) is 58.9 Å². The van der Waals surface area contributed by atoms with E-state index in [0.717, 1.165) is 22.7 Å². The second-order valence-electron chi connectivity index (χ2n) is 6.12. The van der Waals surface area contributed by atoms with Crippen LogP contribution in [0.4, 0.5) is 15.8 Å². The Bertz CT molecular complexity index is 1010. The van der Waals surface area contributed by atoms with E-state index < -0.39 is 33.8 Å². The summed E-state index contributed by atoms with van der Waals surface area (Å²) < 4.78 is 43.4. The lowest BCUT2D eigenvalue weighted by Crippen LogP contribution is -2.45. The Hall–Kier alpha value is -2.65. The molecule has 156 valence electrons. The molecule has 0 radical (unpaired) electrons. The topological polar surface area (TPSA) is 92.8 Å². The van der Waals surface area contributed by atoms with Crippen molar-refractivity contribution in [1.82, 2.24) is 0 Å². The Balaban J connectivity index is 2.26. The maximum atomic E-state index is 13.2. The Kier molecular flexibility index (Phi) is 7.21. The van der Waals surface area contributed by atoms with E-state index >= 15 is 0 Å². The van der Waals surface area contributed by atoms with Crippen molar-refractivity contribution < 1.29 is 27.1 Å². The Morgan fingerprint density at radius 3 is 2.34 bits per heavy atom. The van der Waals surface area contributed by atoms with Crippen molar-refractivity contribution in [2.45, 2.75) is 19.9 Å². The fraction of sp³-hybridized carbons (Fsp3) is 0.263. The predicted octanol–water partition coefficient (Wildman–Crippen LogP) is 3.45. The molecule has 10 heteroatoms. The molecule has 0 aromatic heterocycles. The van der Waals surface area contributed by atoms with Gasteiger partial charge in [0.05, 0.1) is 34.8 Å². The number of hydrogen-bond donors (Lipinski definition) is 1. The summed E-state index contributed by atoms with van der Waals surface area (Å²) in [5, 5.41) is 2.63. The van der Waals surface area contributed by atoms with Gasteiger partial charge < -0.3 is 10.1 Å². The Labute approximate surface area is 173 Å². The van der Waals surface area contributed by atoms with Crippen LogP contribution in [0.3, 0.4) is 0 Å². The molecule has 1 amide bonds. The van der Waals surface area contributed by atoms with Gasteiger partial charge in [0, 0.05) is 0 Å². The highest BCUT2D eigenvalue weighted by Gasteiger charge is 2.29. The largest absolute Gasteiger partial charge is 0.462 e. The van der Waals surface area contributed by atoms with Gasteiger partial charge in [-0.3, -0.25) is 9.10 Å². The number of rotatable bonds is 7. The number of benzene rings is 2. The molecule has 0 fully saturated rings. The molecule has 0 bridgehead atoms. The molecule has 0 aliphatic carbocycles. The molecule has 1 N–H and O–H groups in total. The van der Waals surface area contributed by atoms with Crippen LogP contribution in [0.15, 0.2) is 42.5 Å². The quantitative estimate of drug-likeness (QED) is 0.663. The van der Waals surface area contributed by atoms with Gasteiger partial charge in [0.15, 0.2) is 0 Å². The zero-order valence-corrected chi connectivity index (χ0v) is 17.6. The van der Waals surface area contributed by atoms with Crippen molar-refractivity contribution in [2.75, 3.05) is 22.5 Å². The number of carbonyl (C=O) groups excluding carboxylic acids is 2. The lowest BCUT2D eigenvalue weighted by Gasteiger charge is -2.28. The van der Waals surface area contributed by atoms with Crippen molar-refractivity contribution in [3.8, 4) is 0 Å². The van der Waals surface area contributed by atoms with E-state index in [1.54, 1.807) is 6.92 Å². The smallest absolute Gasteiger partial charge is 0.338 e. The Morgan fingerprint density at radius 1 is 1.21 bits per heavy atom. The zero-order chi connectivity index (χ0) is 21.8. The van der Waals surface area contributed by atoms with E-state index in [-0.39, 0.29) is 28.6 Å². The number of sulfonamides is 1. The fourth-order valence-corrected chi connectivity index (χ4v) is 3.99. The molecule has 0 aliphatic rings. The van der Waals surface area contributed by atoms with Crippen LogP contribution in [0, 0.1) is 5.82 Å². The van der Waals surface area contributed by atoms with E-state index in [2.05, 4.69) is 5.32 Å². The van der Waals surface area contributed by atoms with Crippen LogP contribution in [0.1, 0.15) is 24.2 Å². The number of nitrogens with one attached hydrogen (secondary N) is 1. The number of amides is 1. The van der Waals surface area contributed by atoms with Gasteiger partial charge in [-0.15, -0.1) is 0 Å². The van der Waals surface area contributed by atoms with Gasteiger partial charge in [0.25, 0.3) is 0 Å². The summed E-state index contributed by atoms with van der Waals surface area (Å²) in [5.74, 6) is -1.75. The highest BCUT2D eigenvalue weighted by molar-refractivity contribution is 7.92. The average molecular weight is 443 g/mol. The van der Waals surface area contributed by atoms with Gasteiger partial charge in [0.1, 0.15) is 11.9 Å². The van der Waals surface area contributed by atoms with Crippen LogP contribution in [-0.2, 0) is 19.6 Å². The normalized spacial score (nSPS) is 12.2. The third-order valence-electron chi connectivity index (χ3n) is 3.91. The number of ether oxygens (including phenoxy) is 1. The number of esters is 1. The number of halogens is 2. The molecule has 1 unspecified atom stereocenters. The van der Waals surface area contributed by atoms with Gasteiger partial charge in [-0.05, 0) is 56.3 Å². The minimum atomic E-state index is -3.85. The third-order valence-corrected chi connectivity index (χ3v) is 5.46. The van der Waals surface area contributed by atoms with Crippen LogP contribution >= 0.6 is 11.6 Å². The summed E-state index contributed by atoms with van der Waals surface area (Å²) in [7, 11) is -3.85.